The molecular formula is C9H18N2O. The Hall–Kier alpha value is -0.120. The molecule has 0 aromatic carbocycles. The number of nitrogens with two attached hydrogens (primary N) is 1. The fraction of sp³-hybridized carbons (Fsp3) is 1.00. The van der Waals surface area contributed by atoms with Gasteiger partial charge in [-0.1, -0.05) is 0 Å². The second-order valence-electron chi connectivity index (χ2n) is 3.82. The molecule has 0 amide bonds. The minimum atomic E-state index is 0.598. The normalized spacial score (nSPS) is 33.2. The predicted octanol–water partition coefficient (Wildman–Crippen LogP) is 0.0559. The Morgan fingerprint density at radius 3 is 2.75 bits per heavy atom. The highest BCUT2D eigenvalue weighted by atomic mass is 16.5. The third-order valence-corrected chi connectivity index (χ3v) is 3.11. The van der Waals surface area contributed by atoms with Gasteiger partial charge < -0.3 is 10.5 Å². The molecule has 70 valence electrons. The first-order chi connectivity index (χ1) is 5.92. The zero-order valence-corrected chi connectivity index (χ0v) is 7.54. The number of ether oxygens (including phenoxy) is 1. The molecule has 0 bridgehead atoms. The second kappa shape index (κ2) is 3.73. The van der Waals surface area contributed by atoms with Crippen molar-refractivity contribution in [3.63, 3.8) is 0 Å². The summed E-state index contributed by atoms with van der Waals surface area (Å²) in [4.78, 5) is 2.50. The molecule has 0 aromatic heterocycles. The standard InChI is InChI=1S/C9H18N2O/c10-6-9(11-3-1-4-11)8-2-5-12-7-8/h8-9H,1-7,10H2. The molecule has 0 saturated carbocycles. The Morgan fingerprint density at radius 1 is 1.50 bits per heavy atom. The number of nitrogens with zero attached hydrogens (tertiary/aromatic N) is 1. The van der Waals surface area contributed by atoms with Crippen molar-refractivity contribution in [3.8, 4) is 0 Å². The lowest BCUT2D eigenvalue weighted by Crippen LogP contribution is -2.52. The lowest BCUT2D eigenvalue weighted by molar-refractivity contribution is 0.0736. The molecule has 0 aromatic rings. The molecule has 0 radical (unpaired) electrons. The predicted molar refractivity (Wildman–Crippen MR) is 48.0 cm³/mol. The van der Waals surface area contributed by atoms with Gasteiger partial charge in [-0.25, -0.2) is 0 Å². The van der Waals surface area contributed by atoms with Crippen LogP contribution in [0.1, 0.15) is 12.8 Å². The molecule has 2 heterocycles. The van der Waals surface area contributed by atoms with E-state index in [0.717, 1.165) is 19.8 Å². The summed E-state index contributed by atoms with van der Waals surface area (Å²) in [5, 5.41) is 0. The second-order valence-corrected chi connectivity index (χ2v) is 3.82. The molecule has 3 nitrogen and oxygen atoms in total. The van der Waals surface area contributed by atoms with Crippen molar-refractivity contribution >= 4 is 0 Å². The number of rotatable bonds is 3. The molecule has 2 aliphatic rings. The van der Waals surface area contributed by atoms with Crippen molar-refractivity contribution in [3.05, 3.63) is 0 Å². The van der Waals surface area contributed by atoms with E-state index in [-0.39, 0.29) is 0 Å². The van der Waals surface area contributed by atoms with Crippen LogP contribution >= 0.6 is 0 Å². The van der Waals surface area contributed by atoms with Gasteiger partial charge in [0, 0.05) is 25.1 Å². The summed E-state index contributed by atoms with van der Waals surface area (Å²) in [6.07, 6.45) is 2.56. The largest absolute Gasteiger partial charge is 0.381 e. The summed E-state index contributed by atoms with van der Waals surface area (Å²) in [5.41, 5.74) is 5.77. The van der Waals surface area contributed by atoms with E-state index in [0.29, 0.717) is 12.0 Å². The third-order valence-electron chi connectivity index (χ3n) is 3.11. The Kier molecular flexibility index (Phi) is 2.63. The van der Waals surface area contributed by atoms with Gasteiger partial charge in [0.25, 0.3) is 0 Å². The molecule has 2 rings (SSSR count). The lowest BCUT2D eigenvalue weighted by atomic mass is 9.95. The summed E-state index contributed by atoms with van der Waals surface area (Å²) in [7, 11) is 0. The molecule has 2 aliphatic heterocycles. The first-order valence-corrected chi connectivity index (χ1v) is 4.93. The van der Waals surface area contributed by atoms with Crippen molar-refractivity contribution in [1.29, 1.82) is 0 Å². The van der Waals surface area contributed by atoms with Crippen molar-refractivity contribution in [2.45, 2.75) is 18.9 Å². The van der Waals surface area contributed by atoms with Gasteiger partial charge in [0.1, 0.15) is 0 Å². The molecule has 12 heavy (non-hydrogen) atoms. The molecule has 0 aliphatic carbocycles. The average molecular weight is 170 g/mol. The van der Waals surface area contributed by atoms with Crippen molar-refractivity contribution in [2.75, 3.05) is 32.8 Å². The van der Waals surface area contributed by atoms with Crippen LogP contribution < -0.4 is 5.73 Å². The Bertz CT molecular complexity index is 141. The van der Waals surface area contributed by atoms with Gasteiger partial charge >= 0.3 is 0 Å². The van der Waals surface area contributed by atoms with Gasteiger partial charge in [0.15, 0.2) is 0 Å². The molecule has 2 saturated heterocycles. The third kappa shape index (κ3) is 1.49. The topological polar surface area (TPSA) is 38.5 Å². The zero-order valence-electron chi connectivity index (χ0n) is 7.54. The van der Waals surface area contributed by atoms with Crippen LogP contribution in [0.3, 0.4) is 0 Å². The highest BCUT2D eigenvalue weighted by molar-refractivity contribution is 4.86. The van der Waals surface area contributed by atoms with E-state index in [4.69, 9.17) is 10.5 Å². The Morgan fingerprint density at radius 2 is 2.33 bits per heavy atom. The van der Waals surface area contributed by atoms with E-state index >= 15 is 0 Å². The summed E-state index contributed by atoms with van der Waals surface area (Å²) in [5.74, 6) is 0.704. The zero-order chi connectivity index (χ0) is 8.39. The maximum absolute atomic E-state index is 5.77. The van der Waals surface area contributed by atoms with Gasteiger partial charge in [-0.3, -0.25) is 4.90 Å². The highest BCUT2D eigenvalue weighted by Crippen LogP contribution is 2.23. The maximum Gasteiger partial charge on any atom is 0.0510 e. The van der Waals surface area contributed by atoms with Crippen LogP contribution in [-0.4, -0.2) is 43.8 Å². The van der Waals surface area contributed by atoms with E-state index in [9.17, 15) is 0 Å². The van der Waals surface area contributed by atoms with Crippen molar-refractivity contribution in [2.24, 2.45) is 11.7 Å². The van der Waals surface area contributed by atoms with Gasteiger partial charge in [-0.15, -0.1) is 0 Å². The Labute approximate surface area is 73.9 Å². The minimum absolute atomic E-state index is 0.598. The lowest BCUT2D eigenvalue weighted by Gasteiger charge is -2.40. The van der Waals surface area contributed by atoms with Crippen LogP contribution in [0.25, 0.3) is 0 Å². The number of hydrogen-bond acceptors (Lipinski definition) is 3. The van der Waals surface area contributed by atoms with Crippen LogP contribution in [0, 0.1) is 5.92 Å². The fourth-order valence-electron chi connectivity index (χ4n) is 2.17. The van der Waals surface area contributed by atoms with Gasteiger partial charge in [-0.05, 0) is 25.9 Å². The summed E-state index contributed by atoms with van der Waals surface area (Å²) in [6.45, 7) is 5.16. The van der Waals surface area contributed by atoms with E-state index in [1.807, 2.05) is 0 Å². The molecule has 2 fully saturated rings. The molecule has 2 unspecified atom stereocenters. The average Bonchev–Trinajstić information content (AvgIpc) is 2.47. The quantitative estimate of drug-likeness (QED) is 0.650. The monoisotopic (exact) mass is 170 g/mol. The Balaban J connectivity index is 1.87. The first kappa shape index (κ1) is 8.48. The van der Waals surface area contributed by atoms with Crippen LogP contribution in [0.2, 0.25) is 0 Å². The number of likely N-dealkylation sites (tertiary alicyclic amines) is 1. The summed E-state index contributed by atoms with van der Waals surface area (Å²) < 4.78 is 5.38. The van der Waals surface area contributed by atoms with Gasteiger partial charge in [-0.2, -0.15) is 0 Å². The molecule has 0 spiro atoms. The molecule has 2 N–H and O–H groups in total. The molecule has 3 heteroatoms. The van der Waals surface area contributed by atoms with Crippen molar-refractivity contribution < 1.29 is 4.74 Å². The SMILES string of the molecule is NCC(C1CCOC1)N1CCC1. The summed E-state index contributed by atoms with van der Waals surface area (Å²) >= 11 is 0. The number of hydrogen-bond donors (Lipinski definition) is 1. The van der Waals surface area contributed by atoms with Crippen LogP contribution in [-0.2, 0) is 4.74 Å². The molecule has 2 atom stereocenters. The fourth-order valence-corrected chi connectivity index (χ4v) is 2.17. The van der Waals surface area contributed by atoms with Crippen molar-refractivity contribution in [1.82, 2.24) is 4.90 Å². The van der Waals surface area contributed by atoms with Gasteiger partial charge in [0.05, 0.1) is 6.61 Å². The van der Waals surface area contributed by atoms with E-state index in [2.05, 4.69) is 4.90 Å². The summed E-state index contributed by atoms with van der Waals surface area (Å²) in [6, 6.07) is 0.598. The first-order valence-electron chi connectivity index (χ1n) is 4.93. The highest BCUT2D eigenvalue weighted by Gasteiger charge is 2.31. The van der Waals surface area contributed by atoms with Crippen LogP contribution in [0.5, 0.6) is 0 Å². The van der Waals surface area contributed by atoms with E-state index in [1.165, 1.54) is 25.9 Å². The smallest absolute Gasteiger partial charge is 0.0510 e. The van der Waals surface area contributed by atoms with Crippen LogP contribution in [0.4, 0.5) is 0 Å². The van der Waals surface area contributed by atoms with Crippen LogP contribution in [0.15, 0.2) is 0 Å². The van der Waals surface area contributed by atoms with E-state index in [1.54, 1.807) is 0 Å². The van der Waals surface area contributed by atoms with E-state index < -0.39 is 0 Å². The minimum Gasteiger partial charge on any atom is -0.381 e. The maximum atomic E-state index is 5.77. The molecular weight excluding hydrogens is 152 g/mol. The van der Waals surface area contributed by atoms with Gasteiger partial charge in [0.2, 0.25) is 0 Å².